The summed E-state index contributed by atoms with van der Waals surface area (Å²) in [7, 11) is 0. The number of para-hydroxylation sites is 1. The molecule has 0 saturated carbocycles. The number of halogens is 1. The maximum atomic E-state index is 14.0. The zero-order valence-corrected chi connectivity index (χ0v) is 26.3. The number of carbonyl (C=O) groups excluding carboxylic acids is 3. The van der Waals surface area contributed by atoms with Gasteiger partial charge in [0.25, 0.3) is 0 Å². The number of hydrogen-bond acceptors (Lipinski definition) is 5. The van der Waals surface area contributed by atoms with Crippen molar-refractivity contribution in [3.05, 3.63) is 58.1 Å². The molecule has 3 fully saturated rings. The van der Waals surface area contributed by atoms with Gasteiger partial charge in [-0.3, -0.25) is 4.79 Å². The Morgan fingerprint density at radius 1 is 0.977 bits per heavy atom. The number of carbonyl (C=O) groups is 3. The van der Waals surface area contributed by atoms with Crippen molar-refractivity contribution in [1.82, 2.24) is 24.9 Å². The van der Waals surface area contributed by atoms with Gasteiger partial charge >= 0.3 is 12.1 Å². The van der Waals surface area contributed by atoms with E-state index in [0.717, 1.165) is 48.3 Å². The molecule has 11 heteroatoms. The van der Waals surface area contributed by atoms with Crippen LogP contribution in [0.25, 0.3) is 0 Å². The van der Waals surface area contributed by atoms with Gasteiger partial charge in [-0.05, 0) is 87.4 Å². The lowest BCUT2D eigenvalue weighted by molar-refractivity contribution is -0.134. The fraction of sp³-hybridized carbons (Fsp3) is 0.545. The molecule has 4 aliphatic heterocycles. The summed E-state index contributed by atoms with van der Waals surface area (Å²) in [6.07, 6.45) is 6.13. The van der Waals surface area contributed by atoms with E-state index in [9.17, 15) is 14.4 Å². The first-order valence-corrected chi connectivity index (χ1v) is 16.4. The van der Waals surface area contributed by atoms with Crippen molar-refractivity contribution in [2.75, 3.05) is 50.3 Å². The highest BCUT2D eigenvalue weighted by molar-refractivity contribution is 6.33. The van der Waals surface area contributed by atoms with Gasteiger partial charge in [0.05, 0.1) is 10.7 Å². The predicted octanol–water partition coefficient (Wildman–Crippen LogP) is 4.45. The Bertz CT molecular complexity index is 1360. The first kappa shape index (κ1) is 30.5. The minimum absolute atomic E-state index is 0.0432. The second-order valence-electron chi connectivity index (χ2n) is 12.7. The largest absolute Gasteiger partial charge is 0.397 e. The van der Waals surface area contributed by atoms with Gasteiger partial charge in [-0.15, -0.1) is 0 Å². The maximum Gasteiger partial charge on any atom is 0.322 e. The van der Waals surface area contributed by atoms with Crippen molar-refractivity contribution >= 4 is 40.9 Å². The molecule has 0 unspecified atom stereocenters. The van der Waals surface area contributed by atoms with Crippen LogP contribution in [0.15, 0.2) is 36.4 Å². The lowest BCUT2D eigenvalue weighted by atomic mass is 9.99. The number of likely N-dealkylation sites (tertiary alicyclic amines) is 3. The van der Waals surface area contributed by atoms with E-state index in [2.05, 4.69) is 15.5 Å². The van der Waals surface area contributed by atoms with Gasteiger partial charge < -0.3 is 36.0 Å². The SMILES string of the molecule is Cc1cc(C[C@@H](NC(=O)N2CCC(N3Cc4ccccc4NC3=O)CC2)C(=O)N2CCC(N3CCCC3)CC2)cc(Cl)c1N. The van der Waals surface area contributed by atoms with Crippen LogP contribution in [0.3, 0.4) is 0 Å². The zero-order valence-electron chi connectivity index (χ0n) is 25.6. The minimum atomic E-state index is -0.716. The van der Waals surface area contributed by atoms with Gasteiger partial charge in [-0.1, -0.05) is 35.9 Å². The summed E-state index contributed by atoms with van der Waals surface area (Å²) in [6, 6.07) is 11.1. The number of piperidine rings is 2. The summed E-state index contributed by atoms with van der Waals surface area (Å²) in [5, 5.41) is 6.54. The second-order valence-corrected chi connectivity index (χ2v) is 13.2. The van der Waals surface area contributed by atoms with E-state index in [1.54, 1.807) is 11.0 Å². The fourth-order valence-corrected chi connectivity index (χ4v) is 7.59. The summed E-state index contributed by atoms with van der Waals surface area (Å²) in [5.41, 5.74) is 10.3. The van der Waals surface area contributed by atoms with E-state index in [4.69, 9.17) is 17.3 Å². The number of rotatable bonds is 6. The highest BCUT2D eigenvalue weighted by atomic mass is 35.5. The van der Waals surface area contributed by atoms with Crippen LogP contribution in [0, 0.1) is 6.92 Å². The van der Waals surface area contributed by atoms with Crippen LogP contribution < -0.4 is 16.4 Å². The number of hydrogen-bond donors (Lipinski definition) is 3. The average Bonchev–Trinajstić information content (AvgIpc) is 3.58. The van der Waals surface area contributed by atoms with Crippen LogP contribution in [-0.2, 0) is 17.8 Å². The number of aryl methyl sites for hydroxylation is 1. The van der Waals surface area contributed by atoms with Crippen LogP contribution in [-0.4, -0.2) is 95.0 Å². The van der Waals surface area contributed by atoms with Gasteiger partial charge in [0.15, 0.2) is 0 Å². The molecule has 2 aromatic rings. The highest BCUT2D eigenvalue weighted by Crippen LogP contribution is 2.29. The number of nitrogens with two attached hydrogens (primary N) is 1. The van der Waals surface area contributed by atoms with Gasteiger partial charge in [0.2, 0.25) is 5.91 Å². The highest BCUT2D eigenvalue weighted by Gasteiger charge is 2.35. The van der Waals surface area contributed by atoms with E-state index >= 15 is 0 Å². The molecule has 5 amide bonds. The van der Waals surface area contributed by atoms with Crippen molar-refractivity contribution < 1.29 is 14.4 Å². The average molecular weight is 622 g/mol. The van der Waals surface area contributed by atoms with Crippen molar-refractivity contribution in [2.24, 2.45) is 0 Å². The molecule has 2 aromatic carbocycles. The topological polar surface area (TPSA) is 114 Å². The summed E-state index contributed by atoms with van der Waals surface area (Å²) in [4.78, 5) is 48.5. The number of nitrogens with one attached hydrogen (secondary N) is 2. The first-order chi connectivity index (χ1) is 21.3. The molecule has 0 radical (unpaired) electrons. The van der Waals surface area contributed by atoms with E-state index < -0.39 is 6.04 Å². The number of benzene rings is 2. The van der Waals surface area contributed by atoms with Crippen LogP contribution >= 0.6 is 11.6 Å². The Labute approximate surface area is 264 Å². The molecule has 6 rings (SSSR count). The molecule has 0 bridgehead atoms. The van der Waals surface area contributed by atoms with Crippen molar-refractivity contribution in [2.45, 2.75) is 76.5 Å². The Hall–Kier alpha value is -3.50. The molecular formula is C33H44ClN7O3. The van der Waals surface area contributed by atoms with Gasteiger partial charge in [-0.2, -0.15) is 0 Å². The molecule has 44 heavy (non-hydrogen) atoms. The molecule has 4 heterocycles. The number of nitrogens with zero attached hydrogens (tertiary/aromatic N) is 4. The molecular weight excluding hydrogens is 578 g/mol. The normalized spacial score (nSPS) is 20.8. The Morgan fingerprint density at radius 3 is 2.34 bits per heavy atom. The van der Waals surface area contributed by atoms with Gasteiger partial charge in [0, 0.05) is 56.9 Å². The molecule has 0 aromatic heterocycles. The number of fused-ring (bicyclic) bond motifs is 1. The maximum absolute atomic E-state index is 14.0. The predicted molar refractivity (Wildman–Crippen MR) is 173 cm³/mol. The zero-order chi connectivity index (χ0) is 30.8. The van der Waals surface area contributed by atoms with E-state index in [1.165, 1.54) is 12.8 Å². The quantitative estimate of drug-likeness (QED) is 0.413. The number of nitrogen functional groups attached to an aromatic ring is 1. The smallest absolute Gasteiger partial charge is 0.322 e. The van der Waals surface area contributed by atoms with E-state index in [0.29, 0.717) is 68.7 Å². The third kappa shape index (κ3) is 6.61. The van der Waals surface area contributed by atoms with E-state index in [1.807, 2.05) is 47.1 Å². The molecule has 1 atom stereocenters. The molecule has 10 nitrogen and oxygen atoms in total. The lowest BCUT2D eigenvalue weighted by Gasteiger charge is -2.41. The van der Waals surface area contributed by atoms with E-state index in [-0.39, 0.29) is 24.0 Å². The Kier molecular flexibility index (Phi) is 9.18. The van der Waals surface area contributed by atoms with Crippen molar-refractivity contribution in [3.8, 4) is 0 Å². The van der Waals surface area contributed by atoms with Crippen LogP contribution in [0.4, 0.5) is 21.0 Å². The van der Waals surface area contributed by atoms with Crippen molar-refractivity contribution in [3.63, 3.8) is 0 Å². The Morgan fingerprint density at radius 2 is 1.64 bits per heavy atom. The standard InChI is InChI=1S/C33H44ClN7O3/c1-22-18-23(19-27(34)30(22)35)20-29(31(42)39-14-8-25(9-15-39)38-12-4-5-13-38)37-32(43)40-16-10-26(11-17-40)41-21-24-6-2-3-7-28(24)36-33(41)44/h2-3,6-7,18-19,25-26,29H,4-5,8-17,20-21,35H2,1H3,(H,36,44)(H,37,43)/t29-/m1/s1. The van der Waals surface area contributed by atoms with Gasteiger partial charge in [0.1, 0.15) is 6.04 Å². The number of anilines is 2. The third-order valence-electron chi connectivity index (χ3n) is 9.92. The molecule has 236 valence electrons. The molecule has 3 saturated heterocycles. The lowest BCUT2D eigenvalue weighted by Crippen LogP contribution is -2.57. The Balaban J connectivity index is 1.10. The summed E-state index contributed by atoms with van der Waals surface area (Å²) >= 11 is 6.40. The van der Waals surface area contributed by atoms with Gasteiger partial charge in [-0.25, -0.2) is 9.59 Å². The molecule has 4 N–H and O–H groups in total. The van der Waals surface area contributed by atoms with Crippen molar-refractivity contribution in [1.29, 1.82) is 0 Å². The second kappa shape index (κ2) is 13.2. The molecule has 4 aliphatic rings. The first-order valence-electron chi connectivity index (χ1n) is 16.0. The van der Waals surface area contributed by atoms with Crippen LogP contribution in [0.2, 0.25) is 5.02 Å². The monoisotopic (exact) mass is 621 g/mol. The third-order valence-corrected chi connectivity index (χ3v) is 10.2. The summed E-state index contributed by atoms with van der Waals surface area (Å²) in [5.74, 6) is -0.0534. The molecule has 0 aliphatic carbocycles. The fourth-order valence-electron chi connectivity index (χ4n) is 7.30. The molecule has 0 spiro atoms. The minimum Gasteiger partial charge on any atom is -0.397 e. The van der Waals surface area contributed by atoms with Crippen LogP contribution in [0.1, 0.15) is 55.2 Å². The summed E-state index contributed by atoms with van der Waals surface area (Å²) in [6.45, 7) is 7.18. The number of urea groups is 2. The summed E-state index contributed by atoms with van der Waals surface area (Å²) < 4.78 is 0. The number of amides is 5. The van der Waals surface area contributed by atoms with Crippen LogP contribution in [0.5, 0.6) is 0 Å².